The number of halogens is 3. The fourth-order valence-corrected chi connectivity index (χ4v) is 2.69. The third-order valence-corrected chi connectivity index (χ3v) is 4.11. The van der Waals surface area contributed by atoms with Gasteiger partial charge in [0.25, 0.3) is 0 Å². The van der Waals surface area contributed by atoms with Crippen molar-refractivity contribution < 1.29 is 17.9 Å². The van der Waals surface area contributed by atoms with Crippen molar-refractivity contribution in [3.8, 4) is 5.75 Å². The minimum absolute atomic E-state index is 0.197. The van der Waals surface area contributed by atoms with Gasteiger partial charge in [0, 0.05) is 0 Å². The molecule has 0 fully saturated rings. The Balaban J connectivity index is 2.46. The van der Waals surface area contributed by atoms with Gasteiger partial charge in [0.2, 0.25) is 0 Å². The van der Waals surface area contributed by atoms with Gasteiger partial charge in [0.1, 0.15) is 5.75 Å². The summed E-state index contributed by atoms with van der Waals surface area (Å²) in [6.07, 6.45) is 6.60. The summed E-state index contributed by atoms with van der Waals surface area (Å²) in [6, 6.07) is 6.05. The van der Waals surface area contributed by atoms with E-state index in [0.717, 1.165) is 19.3 Å². The Morgan fingerprint density at radius 2 is 1.46 bits per heavy atom. The number of methoxy groups -OCH3 is 1. The first-order valence-electron chi connectivity index (χ1n) is 8.90. The molecule has 0 saturated carbocycles. The molecule has 1 nitrogen and oxygen atoms in total. The highest BCUT2D eigenvalue weighted by Crippen LogP contribution is 2.35. The topological polar surface area (TPSA) is 9.23 Å². The molecule has 0 radical (unpaired) electrons. The van der Waals surface area contributed by atoms with Crippen LogP contribution in [0.4, 0.5) is 13.2 Å². The first-order chi connectivity index (χ1) is 11.5. The maximum atomic E-state index is 13.2. The number of hydrogen-bond donors (Lipinski definition) is 0. The molecule has 0 N–H and O–H groups in total. The molecule has 0 atom stereocenters. The lowest BCUT2D eigenvalue weighted by Gasteiger charge is -2.13. The second-order valence-electron chi connectivity index (χ2n) is 6.11. The molecular formula is C20H29F3O. The molecule has 0 aromatic heterocycles. The van der Waals surface area contributed by atoms with Crippen molar-refractivity contribution in [2.24, 2.45) is 0 Å². The van der Waals surface area contributed by atoms with Crippen LogP contribution >= 0.6 is 0 Å². The Morgan fingerprint density at radius 3 is 1.96 bits per heavy atom. The fraction of sp³-hybridized carbons (Fsp3) is 0.600. The van der Waals surface area contributed by atoms with Crippen molar-refractivity contribution in [3.63, 3.8) is 0 Å². The zero-order valence-electron chi connectivity index (χ0n) is 14.8. The van der Waals surface area contributed by atoms with Crippen LogP contribution in [0.1, 0.15) is 70.3 Å². The third-order valence-electron chi connectivity index (χ3n) is 4.11. The van der Waals surface area contributed by atoms with Crippen LogP contribution in [0.3, 0.4) is 0 Å². The minimum atomic E-state index is -4.32. The summed E-state index contributed by atoms with van der Waals surface area (Å²) in [7, 11) is 1.50. The van der Waals surface area contributed by atoms with E-state index >= 15 is 0 Å². The van der Waals surface area contributed by atoms with Gasteiger partial charge in [-0.15, -0.1) is 0 Å². The molecule has 0 spiro atoms. The standard InChI is InChI=1S/C20H29F3O/c1-3-4-5-6-7-8-9-10-11-12-19(20(21,22)23)17-13-15-18(24-2)16-14-17/h12-16H,3-11H2,1-2H3/b19-12+. The number of rotatable bonds is 11. The molecule has 0 unspecified atom stereocenters. The van der Waals surface area contributed by atoms with Gasteiger partial charge in [-0.05, 0) is 30.5 Å². The summed E-state index contributed by atoms with van der Waals surface area (Å²) in [6.45, 7) is 2.19. The van der Waals surface area contributed by atoms with Gasteiger partial charge in [0.15, 0.2) is 0 Å². The molecule has 0 aliphatic carbocycles. The van der Waals surface area contributed by atoms with E-state index < -0.39 is 11.7 Å². The van der Waals surface area contributed by atoms with Gasteiger partial charge in [-0.3, -0.25) is 0 Å². The molecule has 0 saturated heterocycles. The van der Waals surface area contributed by atoms with Crippen LogP contribution < -0.4 is 4.74 Å². The largest absolute Gasteiger partial charge is 0.497 e. The number of allylic oxidation sites excluding steroid dienone is 2. The lowest BCUT2D eigenvalue weighted by molar-refractivity contribution is -0.0690. The van der Waals surface area contributed by atoms with Crippen molar-refractivity contribution in [1.82, 2.24) is 0 Å². The maximum Gasteiger partial charge on any atom is 0.416 e. The highest BCUT2D eigenvalue weighted by Gasteiger charge is 2.34. The molecule has 1 aromatic carbocycles. The van der Waals surface area contributed by atoms with Crippen molar-refractivity contribution in [3.05, 3.63) is 35.9 Å². The minimum Gasteiger partial charge on any atom is -0.497 e. The van der Waals surface area contributed by atoms with Crippen LogP contribution in [0.25, 0.3) is 5.57 Å². The number of unbranched alkanes of at least 4 members (excludes halogenated alkanes) is 8. The first kappa shape index (κ1) is 20.6. The van der Waals surface area contributed by atoms with E-state index in [4.69, 9.17) is 4.74 Å². The quantitative estimate of drug-likeness (QED) is 0.387. The molecular weight excluding hydrogens is 313 g/mol. The summed E-state index contributed by atoms with van der Waals surface area (Å²) in [5.41, 5.74) is -0.351. The van der Waals surface area contributed by atoms with Crippen LogP contribution in [-0.4, -0.2) is 13.3 Å². The molecule has 0 bridgehead atoms. The first-order valence-corrected chi connectivity index (χ1v) is 8.90. The Hall–Kier alpha value is -1.45. The zero-order chi connectivity index (χ0) is 17.8. The molecule has 24 heavy (non-hydrogen) atoms. The van der Waals surface area contributed by atoms with Crippen LogP contribution in [-0.2, 0) is 0 Å². The number of alkyl halides is 3. The number of benzene rings is 1. The highest BCUT2D eigenvalue weighted by atomic mass is 19.4. The second-order valence-corrected chi connectivity index (χ2v) is 6.11. The van der Waals surface area contributed by atoms with Crippen LogP contribution in [0.2, 0.25) is 0 Å². The van der Waals surface area contributed by atoms with E-state index in [1.807, 2.05) is 0 Å². The van der Waals surface area contributed by atoms with Gasteiger partial charge in [-0.25, -0.2) is 0 Å². The van der Waals surface area contributed by atoms with E-state index in [1.165, 1.54) is 57.4 Å². The summed E-state index contributed by atoms with van der Waals surface area (Å²) in [5.74, 6) is 0.559. The van der Waals surface area contributed by atoms with Gasteiger partial charge in [0.05, 0.1) is 12.7 Å². The Kier molecular flexibility index (Phi) is 9.58. The van der Waals surface area contributed by atoms with E-state index in [1.54, 1.807) is 12.1 Å². The molecule has 4 heteroatoms. The number of hydrogen-bond acceptors (Lipinski definition) is 1. The summed E-state index contributed by atoms with van der Waals surface area (Å²) >= 11 is 0. The van der Waals surface area contributed by atoms with E-state index in [-0.39, 0.29) is 5.56 Å². The predicted molar refractivity (Wildman–Crippen MR) is 94.3 cm³/mol. The van der Waals surface area contributed by atoms with E-state index in [0.29, 0.717) is 12.2 Å². The van der Waals surface area contributed by atoms with Crippen LogP contribution in [0.5, 0.6) is 5.75 Å². The van der Waals surface area contributed by atoms with Crippen LogP contribution in [0, 0.1) is 0 Å². The highest BCUT2D eigenvalue weighted by molar-refractivity contribution is 5.69. The lowest BCUT2D eigenvalue weighted by atomic mass is 10.0. The van der Waals surface area contributed by atoms with Gasteiger partial charge < -0.3 is 4.74 Å². The summed E-state index contributed by atoms with van der Waals surface area (Å²) < 4.78 is 44.7. The summed E-state index contributed by atoms with van der Waals surface area (Å²) in [4.78, 5) is 0. The summed E-state index contributed by atoms with van der Waals surface area (Å²) in [5, 5.41) is 0. The molecule has 1 aromatic rings. The average Bonchev–Trinajstić information content (AvgIpc) is 2.56. The third kappa shape index (κ3) is 7.89. The predicted octanol–water partition coefficient (Wildman–Crippen LogP) is 7.17. The SMILES string of the molecule is CCCCCCCCCC/C=C(\c1ccc(OC)cc1)C(F)(F)F. The normalized spacial score (nSPS) is 12.5. The Bertz CT molecular complexity index is 475. The molecule has 1 rings (SSSR count). The zero-order valence-corrected chi connectivity index (χ0v) is 14.8. The van der Waals surface area contributed by atoms with Crippen molar-refractivity contribution in [2.45, 2.75) is 70.9 Å². The lowest BCUT2D eigenvalue weighted by Crippen LogP contribution is -2.10. The molecule has 0 aliphatic heterocycles. The smallest absolute Gasteiger partial charge is 0.416 e. The Labute approximate surface area is 143 Å². The van der Waals surface area contributed by atoms with E-state index in [2.05, 4.69) is 6.92 Å². The van der Waals surface area contributed by atoms with Gasteiger partial charge >= 0.3 is 6.18 Å². The van der Waals surface area contributed by atoms with Crippen molar-refractivity contribution in [2.75, 3.05) is 7.11 Å². The average molecular weight is 342 g/mol. The van der Waals surface area contributed by atoms with Gasteiger partial charge in [-0.1, -0.05) is 70.1 Å². The molecule has 0 amide bonds. The van der Waals surface area contributed by atoms with Crippen LogP contribution in [0.15, 0.2) is 30.3 Å². The Morgan fingerprint density at radius 1 is 0.917 bits per heavy atom. The molecule has 0 aliphatic rings. The van der Waals surface area contributed by atoms with E-state index in [9.17, 15) is 13.2 Å². The number of ether oxygens (including phenoxy) is 1. The van der Waals surface area contributed by atoms with Crippen molar-refractivity contribution >= 4 is 5.57 Å². The fourth-order valence-electron chi connectivity index (χ4n) is 2.69. The second kappa shape index (κ2) is 11.2. The van der Waals surface area contributed by atoms with Gasteiger partial charge in [-0.2, -0.15) is 13.2 Å². The van der Waals surface area contributed by atoms with Crippen molar-refractivity contribution in [1.29, 1.82) is 0 Å². The molecule has 136 valence electrons. The monoisotopic (exact) mass is 342 g/mol. The molecule has 0 heterocycles. The maximum absolute atomic E-state index is 13.2.